The second kappa shape index (κ2) is 9.32. The highest BCUT2D eigenvalue weighted by molar-refractivity contribution is 7.21. The van der Waals surface area contributed by atoms with Gasteiger partial charge in [-0.3, -0.25) is 9.59 Å². The van der Waals surface area contributed by atoms with E-state index in [9.17, 15) is 9.59 Å². The number of aryl methyl sites for hydroxylation is 1. The van der Waals surface area contributed by atoms with Gasteiger partial charge in [-0.25, -0.2) is 4.98 Å². The highest BCUT2D eigenvalue weighted by atomic mass is 32.1. The smallest absolute Gasteiger partial charge is 0.313 e. The van der Waals surface area contributed by atoms with Crippen molar-refractivity contribution in [1.82, 2.24) is 9.88 Å². The van der Waals surface area contributed by atoms with E-state index in [0.29, 0.717) is 12.2 Å². The number of carbonyl (C=O) groups is 2. The van der Waals surface area contributed by atoms with E-state index in [-0.39, 0.29) is 6.04 Å². The Labute approximate surface area is 191 Å². The van der Waals surface area contributed by atoms with Gasteiger partial charge >= 0.3 is 11.8 Å². The number of amides is 2. The van der Waals surface area contributed by atoms with Crippen LogP contribution in [-0.2, 0) is 16.1 Å². The van der Waals surface area contributed by atoms with Crippen LogP contribution in [0.15, 0.2) is 72.8 Å². The van der Waals surface area contributed by atoms with E-state index in [4.69, 9.17) is 4.98 Å². The fourth-order valence-corrected chi connectivity index (χ4v) is 4.50. The van der Waals surface area contributed by atoms with Crippen molar-refractivity contribution in [3.8, 4) is 10.6 Å². The first-order valence-electron chi connectivity index (χ1n) is 10.5. The topological polar surface area (TPSA) is 62.3 Å². The zero-order chi connectivity index (χ0) is 22.7. The van der Waals surface area contributed by atoms with Crippen molar-refractivity contribution in [2.24, 2.45) is 0 Å². The number of carbonyl (C=O) groups excluding carboxylic acids is 2. The molecule has 1 N–H and O–H groups in total. The molecule has 0 aliphatic heterocycles. The summed E-state index contributed by atoms with van der Waals surface area (Å²) in [6.45, 7) is 6.27. The fraction of sp³-hybridized carbons (Fsp3) is 0.192. The number of nitrogens with zero attached hydrogens (tertiary/aromatic N) is 2. The highest BCUT2D eigenvalue weighted by Crippen LogP contribution is 2.31. The van der Waals surface area contributed by atoms with Gasteiger partial charge in [0.25, 0.3) is 0 Å². The molecule has 4 rings (SSSR count). The Balaban J connectivity index is 1.45. The summed E-state index contributed by atoms with van der Waals surface area (Å²) < 4.78 is 1.15. The minimum absolute atomic E-state index is 0.0986. The molecule has 0 unspecified atom stereocenters. The lowest BCUT2D eigenvalue weighted by atomic mass is 10.2. The summed E-state index contributed by atoms with van der Waals surface area (Å²) >= 11 is 1.64. The van der Waals surface area contributed by atoms with E-state index < -0.39 is 11.8 Å². The number of benzene rings is 3. The van der Waals surface area contributed by atoms with Gasteiger partial charge in [0, 0.05) is 23.8 Å². The number of hydrogen-bond acceptors (Lipinski definition) is 4. The standard InChI is InChI=1S/C26H25N3O2S/c1-17(2)29(16-19-7-5-4-6-8-19)26(31)24(30)27-21-12-10-20(11-13-21)25-28-22-14-9-18(3)15-23(22)32-25/h4-15,17H,16H2,1-3H3,(H,27,30). The van der Waals surface area contributed by atoms with Crippen molar-refractivity contribution in [3.05, 3.63) is 83.9 Å². The van der Waals surface area contributed by atoms with Gasteiger partial charge in [-0.05, 0) is 68.3 Å². The van der Waals surface area contributed by atoms with Gasteiger partial charge in [-0.2, -0.15) is 0 Å². The van der Waals surface area contributed by atoms with Crippen molar-refractivity contribution in [1.29, 1.82) is 0 Å². The molecule has 0 bridgehead atoms. The van der Waals surface area contributed by atoms with Crippen molar-refractivity contribution in [3.63, 3.8) is 0 Å². The van der Waals surface area contributed by atoms with E-state index in [1.165, 1.54) is 5.56 Å². The predicted octanol–water partition coefficient (Wildman–Crippen LogP) is 5.65. The van der Waals surface area contributed by atoms with Crippen LogP contribution in [-0.4, -0.2) is 27.7 Å². The molecule has 0 radical (unpaired) electrons. The summed E-state index contributed by atoms with van der Waals surface area (Å²) in [5.41, 5.74) is 4.72. The lowest BCUT2D eigenvalue weighted by molar-refractivity contribution is -0.144. The number of fused-ring (bicyclic) bond motifs is 1. The fourth-order valence-electron chi connectivity index (χ4n) is 3.44. The van der Waals surface area contributed by atoms with Crippen LogP contribution in [0.5, 0.6) is 0 Å². The molecule has 162 valence electrons. The molecule has 0 atom stereocenters. The average Bonchev–Trinajstić information content (AvgIpc) is 3.21. The molecular formula is C26H25N3O2S. The number of rotatable bonds is 5. The third-order valence-electron chi connectivity index (χ3n) is 5.21. The molecule has 0 saturated carbocycles. The zero-order valence-electron chi connectivity index (χ0n) is 18.3. The number of anilines is 1. The van der Waals surface area contributed by atoms with E-state index in [2.05, 4.69) is 24.4 Å². The largest absolute Gasteiger partial charge is 0.328 e. The molecule has 0 aliphatic carbocycles. The maximum Gasteiger partial charge on any atom is 0.313 e. The van der Waals surface area contributed by atoms with Crippen molar-refractivity contribution < 1.29 is 9.59 Å². The molecule has 1 heterocycles. The third kappa shape index (κ3) is 4.86. The molecule has 2 amide bonds. The Morgan fingerprint density at radius 3 is 2.41 bits per heavy atom. The van der Waals surface area contributed by atoms with Crippen molar-refractivity contribution in [2.45, 2.75) is 33.4 Å². The van der Waals surface area contributed by atoms with Crippen molar-refractivity contribution >= 4 is 39.1 Å². The molecule has 5 nitrogen and oxygen atoms in total. The van der Waals surface area contributed by atoms with Gasteiger partial charge < -0.3 is 10.2 Å². The van der Waals surface area contributed by atoms with Crippen LogP contribution in [0, 0.1) is 6.92 Å². The second-order valence-corrected chi connectivity index (χ2v) is 9.06. The Bertz CT molecular complexity index is 1250. The van der Waals surface area contributed by atoms with Crippen LogP contribution in [0.1, 0.15) is 25.0 Å². The Morgan fingerprint density at radius 2 is 1.72 bits per heavy atom. The van der Waals surface area contributed by atoms with Crippen molar-refractivity contribution in [2.75, 3.05) is 5.32 Å². The number of thiazole rings is 1. The monoisotopic (exact) mass is 443 g/mol. The molecule has 0 saturated heterocycles. The molecule has 0 aliphatic rings. The molecule has 1 aromatic heterocycles. The number of aromatic nitrogens is 1. The molecule has 0 spiro atoms. The number of hydrogen-bond donors (Lipinski definition) is 1. The van der Waals surface area contributed by atoms with Crippen LogP contribution in [0.4, 0.5) is 5.69 Å². The minimum atomic E-state index is -0.641. The lowest BCUT2D eigenvalue weighted by Crippen LogP contribution is -2.43. The van der Waals surface area contributed by atoms with Crippen LogP contribution < -0.4 is 5.32 Å². The van der Waals surface area contributed by atoms with Gasteiger partial charge in [0.05, 0.1) is 10.2 Å². The average molecular weight is 444 g/mol. The molecule has 32 heavy (non-hydrogen) atoms. The van der Waals surface area contributed by atoms with Crippen LogP contribution in [0.3, 0.4) is 0 Å². The SMILES string of the molecule is Cc1ccc2nc(-c3ccc(NC(=O)C(=O)N(Cc4ccccc4)C(C)C)cc3)sc2c1. The van der Waals surface area contributed by atoms with Gasteiger partial charge in [0.15, 0.2) is 0 Å². The molecule has 4 aromatic rings. The highest BCUT2D eigenvalue weighted by Gasteiger charge is 2.24. The Kier molecular flexibility index (Phi) is 6.32. The van der Waals surface area contributed by atoms with E-state index in [1.807, 2.05) is 62.4 Å². The van der Waals surface area contributed by atoms with E-state index in [1.54, 1.807) is 28.4 Å². The first kappa shape index (κ1) is 21.7. The zero-order valence-corrected chi connectivity index (χ0v) is 19.1. The first-order valence-corrected chi connectivity index (χ1v) is 11.4. The Hall–Kier alpha value is -3.51. The summed E-state index contributed by atoms with van der Waals surface area (Å²) in [5, 5.41) is 3.65. The van der Waals surface area contributed by atoms with Crippen LogP contribution >= 0.6 is 11.3 Å². The summed E-state index contributed by atoms with van der Waals surface area (Å²) in [7, 11) is 0. The van der Waals surface area contributed by atoms with E-state index in [0.717, 1.165) is 26.4 Å². The Morgan fingerprint density at radius 1 is 1.00 bits per heavy atom. The minimum Gasteiger partial charge on any atom is -0.328 e. The maximum absolute atomic E-state index is 12.8. The molecule has 0 fully saturated rings. The normalized spacial score (nSPS) is 11.0. The van der Waals surface area contributed by atoms with E-state index >= 15 is 0 Å². The predicted molar refractivity (Wildman–Crippen MR) is 131 cm³/mol. The van der Waals surface area contributed by atoms with Gasteiger partial charge in [0.1, 0.15) is 5.01 Å². The summed E-state index contributed by atoms with van der Waals surface area (Å²) in [6, 6.07) is 23.2. The molecule has 3 aromatic carbocycles. The lowest BCUT2D eigenvalue weighted by Gasteiger charge is -2.26. The first-order chi connectivity index (χ1) is 15.4. The number of nitrogens with one attached hydrogen (secondary N) is 1. The molecular weight excluding hydrogens is 418 g/mol. The second-order valence-electron chi connectivity index (χ2n) is 8.03. The molecule has 6 heteroatoms. The van der Waals surface area contributed by atoms with Gasteiger partial charge in [-0.1, -0.05) is 36.4 Å². The summed E-state index contributed by atoms with van der Waals surface area (Å²) in [4.78, 5) is 31.7. The van der Waals surface area contributed by atoms with Crippen LogP contribution in [0.2, 0.25) is 0 Å². The van der Waals surface area contributed by atoms with Crippen LogP contribution in [0.25, 0.3) is 20.8 Å². The quantitative estimate of drug-likeness (QED) is 0.406. The maximum atomic E-state index is 12.8. The van der Waals surface area contributed by atoms with Gasteiger partial charge in [-0.15, -0.1) is 11.3 Å². The van der Waals surface area contributed by atoms with Gasteiger partial charge in [0.2, 0.25) is 0 Å². The summed E-state index contributed by atoms with van der Waals surface area (Å²) in [5.74, 6) is -1.19. The third-order valence-corrected chi connectivity index (χ3v) is 6.28. The summed E-state index contributed by atoms with van der Waals surface area (Å²) in [6.07, 6.45) is 0.